The first kappa shape index (κ1) is 7.63. The maximum Gasteiger partial charge on any atom is 0.149 e. The zero-order valence-corrected chi connectivity index (χ0v) is 5.18. The Morgan fingerprint density at radius 3 is 2.50 bits per heavy atom. The van der Waals surface area contributed by atoms with Crippen molar-refractivity contribution in [3.63, 3.8) is 0 Å². The molecule has 0 fully saturated rings. The predicted octanol–water partition coefficient (Wildman–Crippen LogP) is 0.517. The Balaban J connectivity index is 3.46. The minimum atomic E-state index is -0.333. The predicted molar refractivity (Wildman–Crippen MR) is 33.2 cm³/mol. The van der Waals surface area contributed by atoms with E-state index in [0.29, 0.717) is 12.8 Å². The second kappa shape index (κ2) is 3.61. The molecule has 0 aromatic heterocycles. The first-order chi connectivity index (χ1) is 3.72. The number of hydrogen-bond donors (Lipinski definition) is 1. The standard InChI is InChI=1S/C6H12NO/c1-3-5(7)6(8)4-2/h5H,1,3-4,7H2,2H3. The van der Waals surface area contributed by atoms with Crippen LogP contribution in [0.3, 0.4) is 0 Å². The Kier molecular flexibility index (Phi) is 3.44. The molecule has 0 spiro atoms. The zero-order valence-electron chi connectivity index (χ0n) is 5.18. The number of ketones is 1. The van der Waals surface area contributed by atoms with Crippen molar-refractivity contribution >= 4 is 5.78 Å². The van der Waals surface area contributed by atoms with Crippen LogP contribution in [-0.2, 0) is 4.79 Å². The SMILES string of the molecule is [CH2]CC(N)C(=O)CC. The molecule has 1 atom stereocenters. The molecule has 0 aliphatic heterocycles. The zero-order chi connectivity index (χ0) is 6.57. The van der Waals surface area contributed by atoms with E-state index in [9.17, 15) is 4.79 Å². The molecule has 0 rings (SSSR count). The molecule has 0 saturated heterocycles. The summed E-state index contributed by atoms with van der Waals surface area (Å²) >= 11 is 0. The number of rotatable bonds is 3. The average molecular weight is 114 g/mol. The molecule has 1 unspecified atom stereocenters. The molecule has 2 heteroatoms. The maximum absolute atomic E-state index is 10.6. The summed E-state index contributed by atoms with van der Waals surface area (Å²) in [5.41, 5.74) is 5.31. The van der Waals surface area contributed by atoms with Gasteiger partial charge in [-0.3, -0.25) is 4.79 Å². The van der Waals surface area contributed by atoms with E-state index in [2.05, 4.69) is 6.92 Å². The normalized spacial score (nSPS) is 13.4. The number of hydrogen-bond acceptors (Lipinski definition) is 2. The lowest BCUT2D eigenvalue weighted by atomic mass is 10.1. The van der Waals surface area contributed by atoms with Crippen LogP contribution in [0.2, 0.25) is 0 Å². The van der Waals surface area contributed by atoms with Crippen molar-refractivity contribution in [2.24, 2.45) is 5.73 Å². The van der Waals surface area contributed by atoms with Gasteiger partial charge in [-0.05, 0) is 6.42 Å². The number of Topliss-reactive ketones (excluding diaryl/α,β-unsaturated/α-hetero) is 1. The van der Waals surface area contributed by atoms with Crippen LogP contribution in [0.15, 0.2) is 0 Å². The van der Waals surface area contributed by atoms with Crippen LogP contribution >= 0.6 is 0 Å². The van der Waals surface area contributed by atoms with Crippen molar-refractivity contribution < 1.29 is 4.79 Å². The highest BCUT2D eigenvalue weighted by atomic mass is 16.1. The average Bonchev–Trinajstić information content (AvgIpc) is 1.84. The molecule has 0 bridgehead atoms. The quantitative estimate of drug-likeness (QED) is 0.581. The third-order valence-corrected chi connectivity index (χ3v) is 1.07. The van der Waals surface area contributed by atoms with Gasteiger partial charge in [0, 0.05) is 6.42 Å². The van der Waals surface area contributed by atoms with Crippen LogP contribution in [0, 0.1) is 6.92 Å². The Labute approximate surface area is 50.1 Å². The van der Waals surface area contributed by atoms with Crippen molar-refractivity contribution in [2.45, 2.75) is 25.8 Å². The van der Waals surface area contributed by atoms with E-state index in [4.69, 9.17) is 5.73 Å². The summed E-state index contributed by atoms with van der Waals surface area (Å²) < 4.78 is 0. The Morgan fingerprint density at radius 2 is 2.38 bits per heavy atom. The molecule has 0 saturated carbocycles. The van der Waals surface area contributed by atoms with Gasteiger partial charge in [-0.2, -0.15) is 0 Å². The molecule has 8 heavy (non-hydrogen) atoms. The van der Waals surface area contributed by atoms with Gasteiger partial charge in [0.05, 0.1) is 6.04 Å². The smallest absolute Gasteiger partial charge is 0.149 e. The molecule has 0 aromatic carbocycles. The molecular formula is C6H12NO. The minimum absolute atomic E-state index is 0.0972. The van der Waals surface area contributed by atoms with E-state index in [1.807, 2.05) is 0 Å². The Bertz CT molecular complexity index is 80.6. The van der Waals surface area contributed by atoms with E-state index in [1.165, 1.54) is 0 Å². The fraction of sp³-hybridized carbons (Fsp3) is 0.667. The van der Waals surface area contributed by atoms with Crippen molar-refractivity contribution in [2.75, 3.05) is 0 Å². The Hall–Kier alpha value is -0.370. The van der Waals surface area contributed by atoms with Crippen LogP contribution in [-0.4, -0.2) is 11.8 Å². The summed E-state index contributed by atoms with van der Waals surface area (Å²) in [6, 6.07) is -0.333. The highest BCUT2D eigenvalue weighted by molar-refractivity contribution is 5.83. The van der Waals surface area contributed by atoms with Gasteiger partial charge in [0.1, 0.15) is 5.78 Å². The molecular weight excluding hydrogens is 102 g/mol. The lowest BCUT2D eigenvalue weighted by molar-refractivity contribution is -0.119. The van der Waals surface area contributed by atoms with E-state index in [-0.39, 0.29) is 11.8 Å². The number of carbonyl (C=O) groups is 1. The monoisotopic (exact) mass is 114 g/mol. The van der Waals surface area contributed by atoms with Gasteiger partial charge in [0.15, 0.2) is 0 Å². The lowest BCUT2D eigenvalue weighted by Gasteiger charge is -2.02. The number of carbonyl (C=O) groups excluding carboxylic acids is 1. The van der Waals surface area contributed by atoms with Crippen LogP contribution in [0.4, 0.5) is 0 Å². The van der Waals surface area contributed by atoms with Gasteiger partial charge in [-0.1, -0.05) is 13.8 Å². The van der Waals surface area contributed by atoms with Crippen molar-refractivity contribution in [1.82, 2.24) is 0 Å². The van der Waals surface area contributed by atoms with Gasteiger partial charge < -0.3 is 5.73 Å². The van der Waals surface area contributed by atoms with Gasteiger partial charge in [0.25, 0.3) is 0 Å². The third-order valence-electron chi connectivity index (χ3n) is 1.07. The summed E-state index contributed by atoms with van der Waals surface area (Å²) in [5.74, 6) is 0.0972. The van der Waals surface area contributed by atoms with Gasteiger partial charge in [-0.25, -0.2) is 0 Å². The van der Waals surface area contributed by atoms with E-state index in [0.717, 1.165) is 0 Å². The highest BCUT2D eigenvalue weighted by Crippen LogP contribution is 1.90. The molecule has 47 valence electrons. The van der Waals surface area contributed by atoms with E-state index in [1.54, 1.807) is 6.92 Å². The lowest BCUT2D eigenvalue weighted by Crippen LogP contribution is -2.28. The molecule has 2 N–H and O–H groups in total. The maximum atomic E-state index is 10.6. The van der Waals surface area contributed by atoms with Crippen molar-refractivity contribution in [3.05, 3.63) is 6.92 Å². The molecule has 0 aromatic rings. The van der Waals surface area contributed by atoms with E-state index < -0.39 is 0 Å². The number of nitrogens with two attached hydrogens (primary N) is 1. The molecule has 1 radical (unpaired) electrons. The van der Waals surface area contributed by atoms with Crippen LogP contribution in [0.5, 0.6) is 0 Å². The van der Waals surface area contributed by atoms with Gasteiger partial charge in [0.2, 0.25) is 0 Å². The van der Waals surface area contributed by atoms with Crippen LogP contribution < -0.4 is 5.73 Å². The fourth-order valence-corrected chi connectivity index (χ4v) is 0.423. The van der Waals surface area contributed by atoms with Crippen molar-refractivity contribution in [1.29, 1.82) is 0 Å². The fourth-order valence-electron chi connectivity index (χ4n) is 0.423. The summed E-state index contributed by atoms with van der Waals surface area (Å²) in [7, 11) is 0. The minimum Gasteiger partial charge on any atom is -0.322 e. The largest absolute Gasteiger partial charge is 0.322 e. The molecule has 0 heterocycles. The first-order valence-corrected chi connectivity index (χ1v) is 2.80. The topological polar surface area (TPSA) is 43.1 Å². The second-order valence-corrected chi connectivity index (χ2v) is 1.72. The van der Waals surface area contributed by atoms with Crippen LogP contribution in [0.25, 0.3) is 0 Å². The third kappa shape index (κ3) is 2.07. The summed E-state index contributed by atoms with van der Waals surface area (Å²) in [5, 5.41) is 0. The van der Waals surface area contributed by atoms with E-state index >= 15 is 0 Å². The van der Waals surface area contributed by atoms with Crippen molar-refractivity contribution in [3.8, 4) is 0 Å². The molecule has 0 amide bonds. The first-order valence-electron chi connectivity index (χ1n) is 2.80. The second-order valence-electron chi connectivity index (χ2n) is 1.72. The summed E-state index contributed by atoms with van der Waals surface area (Å²) in [6.07, 6.45) is 1.03. The summed E-state index contributed by atoms with van der Waals surface area (Å²) in [4.78, 5) is 10.6. The molecule has 2 nitrogen and oxygen atoms in total. The molecule has 0 aliphatic rings. The van der Waals surface area contributed by atoms with Crippen LogP contribution in [0.1, 0.15) is 19.8 Å². The Morgan fingerprint density at radius 1 is 1.88 bits per heavy atom. The summed E-state index contributed by atoms with van der Waals surface area (Å²) in [6.45, 7) is 5.31. The molecule has 0 aliphatic carbocycles. The van der Waals surface area contributed by atoms with Gasteiger partial charge in [-0.15, -0.1) is 0 Å². The highest BCUT2D eigenvalue weighted by Gasteiger charge is 2.06. The van der Waals surface area contributed by atoms with Gasteiger partial charge >= 0.3 is 0 Å².